The Kier molecular flexibility index (Phi) is 4.59. The Morgan fingerprint density at radius 2 is 1.83 bits per heavy atom. The molecule has 0 saturated carbocycles. The Labute approximate surface area is 78.4 Å². The Morgan fingerprint density at radius 3 is 2.17 bits per heavy atom. The van der Waals surface area contributed by atoms with E-state index in [2.05, 4.69) is 0 Å². The Balaban J connectivity index is 0.00000121. The molecule has 62 valence electrons. The van der Waals surface area contributed by atoms with E-state index in [-0.39, 0.29) is 10.1 Å². The molecule has 0 saturated heterocycles. The topological polar surface area (TPSA) is 63.3 Å². The van der Waals surface area contributed by atoms with Crippen molar-refractivity contribution >= 4 is 28.1 Å². The molecule has 1 rings (SSSR count). The number of amides is 1. The average Bonchev–Trinajstić information content (AvgIpc) is 2.05. The number of carbonyl (C=O) groups excluding carboxylic acids is 1. The van der Waals surface area contributed by atoms with Crippen LogP contribution in [-0.2, 0) is 0 Å². The maximum atomic E-state index is 10.6. The zero-order valence-electron chi connectivity index (χ0n) is 5.65. The molecule has 0 aliphatic rings. The fraction of sp³-hybridized carbons (Fsp3) is 0. The van der Waals surface area contributed by atoms with Crippen LogP contribution in [0, 0.1) is 0 Å². The molecule has 1 amide bonds. The molecule has 5 heteroatoms. The summed E-state index contributed by atoms with van der Waals surface area (Å²) in [5.74, 6) is -0.459. The van der Waals surface area contributed by atoms with E-state index < -0.39 is 5.91 Å². The van der Waals surface area contributed by atoms with Gasteiger partial charge in [0.05, 0.1) is 0 Å². The van der Waals surface area contributed by atoms with Crippen molar-refractivity contribution in [3.63, 3.8) is 0 Å². The molecule has 0 heterocycles. The van der Waals surface area contributed by atoms with Gasteiger partial charge in [0.25, 0.3) is 0 Å². The van der Waals surface area contributed by atoms with Crippen LogP contribution in [0.25, 0.3) is 0 Å². The number of carbonyl (C=O) groups is 1. The van der Waals surface area contributed by atoms with Crippen LogP contribution in [0.15, 0.2) is 29.2 Å². The second kappa shape index (κ2) is 4.93. The molecule has 0 fully saturated rings. The van der Waals surface area contributed by atoms with E-state index in [1.165, 1.54) is 0 Å². The quantitative estimate of drug-likeness (QED) is 0.512. The molecule has 3 N–H and O–H groups in total. The normalized spacial score (nSPS) is 8.75. The predicted molar refractivity (Wildman–Crippen MR) is 52.0 cm³/mol. The zero-order valence-corrected chi connectivity index (χ0v) is 6.47. The number of primary amides is 1. The van der Waals surface area contributed by atoms with Crippen molar-refractivity contribution in [1.29, 1.82) is 0 Å². The summed E-state index contributed by atoms with van der Waals surface area (Å²) in [5, 5.41) is 0. The fourth-order valence-corrected chi connectivity index (χ4v) is 0.938. The van der Waals surface area contributed by atoms with Crippen LogP contribution in [0.4, 0.5) is 0 Å². The van der Waals surface area contributed by atoms with Crippen molar-refractivity contribution in [2.24, 2.45) is 5.73 Å². The van der Waals surface area contributed by atoms with Gasteiger partial charge in [0.1, 0.15) is 0 Å². The first-order valence-electron chi connectivity index (χ1n) is 2.95. The van der Waals surface area contributed by atoms with Crippen molar-refractivity contribution in [3.8, 4) is 0 Å². The van der Waals surface area contributed by atoms with E-state index in [1.807, 2.05) is 0 Å². The number of benzene rings is 1. The van der Waals surface area contributed by atoms with Gasteiger partial charge in [0, 0.05) is 22.5 Å². The maximum absolute atomic E-state index is 10.6. The minimum absolute atomic E-state index is 0. The number of hydrogen-bond donors (Lipinski definition) is 2. The summed E-state index contributed by atoms with van der Waals surface area (Å²) in [6.45, 7) is 0. The molecule has 0 aliphatic heterocycles. The van der Waals surface area contributed by atoms with Gasteiger partial charge in [-0.3, -0.25) is 4.79 Å². The molecule has 3 nitrogen and oxygen atoms in total. The molecule has 0 bridgehead atoms. The summed E-state index contributed by atoms with van der Waals surface area (Å²) >= 11 is 0.637. The first kappa shape index (κ1) is 11.2. The van der Waals surface area contributed by atoms with Gasteiger partial charge in [-0.25, -0.2) is 0 Å². The van der Waals surface area contributed by atoms with Crippen LogP contribution in [0.1, 0.15) is 10.4 Å². The van der Waals surface area contributed by atoms with Gasteiger partial charge in [0.2, 0.25) is 5.91 Å². The standard InChI is InChI=1S/C7H7NO2S.Be.2H/c8-7(9)5-1-3-6(11-10)4-2-5;;;/h1-4,10H,(H2,8,9);;;. The fourth-order valence-electron chi connectivity index (χ4n) is 0.680. The molecule has 0 spiro atoms. The molecule has 12 heavy (non-hydrogen) atoms. The van der Waals surface area contributed by atoms with Crippen LogP contribution in [0.3, 0.4) is 0 Å². The summed E-state index contributed by atoms with van der Waals surface area (Å²) in [4.78, 5) is 11.2. The molecule has 0 atom stereocenters. The van der Waals surface area contributed by atoms with E-state index in [9.17, 15) is 4.79 Å². The van der Waals surface area contributed by atoms with Crippen molar-refractivity contribution in [2.75, 3.05) is 0 Å². The molecular weight excluding hydrogens is 171 g/mol. The first-order chi connectivity index (χ1) is 5.24. The molecule has 0 aliphatic carbocycles. The van der Waals surface area contributed by atoms with Gasteiger partial charge < -0.3 is 10.3 Å². The third-order valence-electron chi connectivity index (χ3n) is 1.24. The number of nitrogens with two attached hydrogens (primary N) is 1. The number of rotatable bonds is 2. The third kappa shape index (κ3) is 2.66. The van der Waals surface area contributed by atoms with Crippen LogP contribution in [0.2, 0.25) is 0 Å². The number of hydrogen-bond acceptors (Lipinski definition) is 3. The molecule has 1 aromatic rings. The monoisotopic (exact) mass is 180 g/mol. The van der Waals surface area contributed by atoms with Crippen molar-refractivity contribution in [2.45, 2.75) is 4.90 Å². The van der Waals surface area contributed by atoms with Crippen LogP contribution >= 0.6 is 12.0 Å². The summed E-state index contributed by atoms with van der Waals surface area (Å²) in [7, 11) is 0. The minimum atomic E-state index is -0.459. The van der Waals surface area contributed by atoms with E-state index in [4.69, 9.17) is 10.3 Å². The second-order valence-electron chi connectivity index (χ2n) is 1.98. The van der Waals surface area contributed by atoms with Crippen LogP contribution in [-0.4, -0.2) is 20.6 Å². The van der Waals surface area contributed by atoms with Gasteiger partial charge in [-0.2, -0.15) is 0 Å². The van der Waals surface area contributed by atoms with Gasteiger partial charge in [-0.15, -0.1) is 0 Å². The van der Waals surface area contributed by atoms with Gasteiger partial charge in [-0.05, 0) is 24.3 Å². The van der Waals surface area contributed by atoms with E-state index in [1.54, 1.807) is 24.3 Å². The Hall–Kier alpha value is -0.831. The predicted octanol–water partition coefficient (Wildman–Crippen LogP) is 0.434. The molecule has 0 radical (unpaired) electrons. The Bertz CT molecular complexity index is 263. The van der Waals surface area contributed by atoms with Crippen molar-refractivity contribution in [1.82, 2.24) is 0 Å². The second-order valence-corrected chi connectivity index (χ2v) is 2.63. The first-order valence-corrected chi connectivity index (χ1v) is 3.72. The average molecular weight is 180 g/mol. The summed E-state index contributed by atoms with van der Waals surface area (Å²) in [6.07, 6.45) is 0. The Morgan fingerprint density at radius 1 is 1.33 bits per heavy atom. The van der Waals surface area contributed by atoms with E-state index in [0.717, 1.165) is 0 Å². The van der Waals surface area contributed by atoms with Crippen LogP contribution < -0.4 is 5.73 Å². The zero-order chi connectivity index (χ0) is 8.27. The summed E-state index contributed by atoms with van der Waals surface area (Å²) in [6, 6.07) is 6.40. The van der Waals surface area contributed by atoms with E-state index in [0.29, 0.717) is 22.5 Å². The molecular formula is C7H9BeNO2S. The third-order valence-corrected chi connectivity index (χ3v) is 1.73. The molecule has 0 aromatic heterocycles. The summed E-state index contributed by atoms with van der Waals surface area (Å²) < 4.78 is 8.57. The molecule has 1 aromatic carbocycles. The van der Waals surface area contributed by atoms with Gasteiger partial charge in [0.15, 0.2) is 0 Å². The SMILES string of the molecule is NC(=O)c1ccc(SO)cc1.[BeH2]. The van der Waals surface area contributed by atoms with Crippen molar-refractivity contribution < 1.29 is 9.35 Å². The van der Waals surface area contributed by atoms with Crippen LogP contribution in [0.5, 0.6) is 0 Å². The summed E-state index contributed by atoms with van der Waals surface area (Å²) in [5.41, 5.74) is 5.44. The molecule has 0 unspecified atom stereocenters. The van der Waals surface area contributed by atoms with Gasteiger partial charge in [-0.1, -0.05) is 0 Å². The van der Waals surface area contributed by atoms with E-state index >= 15 is 0 Å². The van der Waals surface area contributed by atoms with Crippen molar-refractivity contribution in [3.05, 3.63) is 29.8 Å². The van der Waals surface area contributed by atoms with Gasteiger partial charge >= 0.3 is 10.1 Å².